The molecule has 4 nitrogen and oxygen atoms in total. The van der Waals surface area contributed by atoms with Crippen molar-refractivity contribution in [3.63, 3.8) is 0 Å². The SMILES string of the molecule is CN1C(=O)CCc2cc(CNC(=O)S)ccc21. The van der Waals surface area contributed by atoms with Gasteiger partial charge in [-0.2, -0.15) is 0 Å². The Kier molecular flexibility index (Phi) is 3.38. The van der Waals surface area contributed by atoms with E-state index >= 15 is 0 Å². The van der Waals surface area contributed by atoms with E-state index in [1.165, 1.54) is 0 Å². The third-order valence-electron chi connectivity index (χ3n) is 2.93. The summed E-state index contributed by atoms with van der Waals surface area (Å²) in [5.41, 5.74) is 3.13. The Hall–Kier alpha value is -1.49. The number of carbonyl (C=O) groups excluding carboxylic acids is 2. The second kappa shape index (κ2) is 4.79. The van der Waals surface area contributed by atoms with E-state index < -0.39 is 0 Å². The van der Waals surface area contributed by atoms with Gasteiger partial charge in [0, 0.05) is 25.7 Å². The topological polar surface area (TPSA) is 49.4 Å². The van der Waals surface area contributed by atoms with Gasteiger partial charge in [0.05, 0.1) is 0 Å². The van der Waals surface area contributed by atoms with Gasteiger partial charge < -0.3 is 10.2 Å². The second-order valence-electron chi connectivity index (χ2n) is 4.07. The lowest BCUT2D eigenvalue weighted by Gasteiger charge is -2.26. The highest BCUT2D eigenvalue weighted by Crippen LogP contribution is 2.27. The highest BCUT2D eigenvalue weighted by Gasteiger charge is 2.20. The van der Waals surface area contributed by atoms with Crippen molar-refractivity contribution in [2.24, 2.45) is 0 Å². The molecule has 0 fully saturated rings. The normalized spacial score (nSPS) is 14.5. The Bertz CT molecular complexity index is 474. The second-order valence-corrected chi connectivity index (χ2v) is 4.48. The zero-order valence-corrected chi connectivity index (χ0v) is 10.5. The lowest BCUT2D eigenvalue weighted by molar-refractivity contribution is -0.118. The maximum absolute atomic E-state index is 11.5. The Morgan fingerprint density at radius 2 is 2.24 bits per heavy atom. The van der Waals surface area contributed by atoms with Gasteiger partial charge in [-0.25, -0.2) is 0 Å². The maximum atomic E-state index is 11.5. The van der Waals surface area contributed by atoms with Gasteiger partial charge in [-0.05, 0) is 23.6 Å². The first-order valence-electron chi connectivity index (χ1n) is 5.43. The number of rotatable bonds is 2. The van der Waals surface area contributed by atoms with Crippen molar-refractivity contribution in [3.8, 4) is 0 Å². The number of fused-ring (bicyclic) bond motifs is 1. The standard InChI is InChI=1S/C12H14N2O2S/c1-14-10-4-2-8(7-13-12(16)17)6-9(10)3-5-11(14)15/h2,4,6H,3,5,7H2,1H3,(H2,13,16,17). The van der Waals surface area contributed by atoms with Crippen LogP contribution >= 0.6 is 12.6 Å². The molecule has 0 aromatic heterocycles. The first-order valence-corrected chi connectivity index (χ1v) is 5.88. The summed E-state index contributed by atoms with van der Waals surface area (Å²) in [5.74, 6) is 0.147. The van der Waals surface area contributed by atoms with Crippen LogP contribution in [0.25, 0.3) is 0 Å². The van der Waals surface area contributed by atoms with Gasteiger partial charge in [0.25, 0.3) is 5.24 Å². The number of thiol groups is 1. The molecular formula is C12H14N2O2S. The highest BCUT2D eigenvalue weighted by atomic mass is 32.1. The molecule has 1 N–H and O–H groups in total. The predicted molar refractivity (Wildman–Crippen MR) is 69.4 cm³/mol. The van der Waals surface area contributed by atoms with Crippen LogP contribution in [0.4, 0.5) is 10.5 Å². The lowest BCUT2D eigenvalue weighted by atomic mass is 9.99. The number of anilines is 1. The van der Waals surface area contributed by atoms with Crippen molar-refractivity contribution in [2.75, 3.05) is 11.9 Å². The van der Waals surface area contributed by atoms with Crippen molar-refractivity contribution >= 4 is 29.5 Å². The van der Waals surface area contributed by atoms with Crippen LogP contribution in [0.3, 0.4) is 0 Å². The minimum absolute atomic E-state index is 0.147. The van der Waals surface area contributed by atoms with E-state index in [1.54, 1.807) is 11.9 Å². The number of benzene rings is 1. The van der Waals surface area contributed by atoms with Gasteiger partial charge in [0.2, 0.25) is 5.91 Å². The van der Waals surface area contributed by atoms with Crippen LogP contribution in [0.15, 0.2) is 18.2 Å². The van der Waals surface area contributed by atoms with Crippen LogP contribution in [-0.4, -0.2) is 18.2 Å². The Balaban J connectivity index is 2.20. The number of carbonyl (C=O) groups is 2. The van der Waals surface area contributed by atoms with Crippen LogP contribution in [-0.2, 0) is 17.8 Å². The van der Waals surface area contributed by atoms with E-state index in [1.807, 2.05) is 18.2 Å². The molecule has 1 heterocycles. The van der Waals surface area contributed by atoms with E-state index in [4.69, 9.17) is 0 Å². The number of nitrogens with one attached hydrogen (secondary N) is 1. The molecule has 1 aliphatic rings. The van der Waals surface area contributed by atoms with E-state index in [0.717, 1.165) is 23.2 Å². The molecule has 1 aliphatic heterocycles. The van der Waals surface area contributed by atoms with Crippen LogP contribution in [0.5, 0.6) is 0 Å². The molecule has 5 heteroatoms. The molecule has 0 saturated carbocycles. The molecule has 0 bridgehead atoms. The summed E-state index contributed by atoms with van der Waals surface area (Å²) in [6.45, 7) is 0.466. The molecule has 2 rings (SSSR count). The van der Waals surface area contributed by atoms with Gasteiger partial charge >= 0.3 is 0 Å². The van der Waals surface area contributed by atoms with Crippen LogP contribution in [0.1, 0.15) is 17.5 Å². The van der Waals surface area contributed by atoms with Crippen molar-refractivity contribution in [2.45, 2.75) is 19.4 Å². The van der Waals surface area contributed by atoms with Crippen LogP contribution in [0.2, 0.25) is 0 Å². The van der Waals surface area contributed by atoms with Gasteiger partial charge in [0.1, 0.15) is 0 Å². The summed E-state index contributed by atoms with van der Waals surface area (Å²) in [6, 6.07) is 5.87. The van der Waals surface area contributed by atoms with Gasteiger partial charge in [-0.1, -0.05) is 24.8 Å². The number of hydrogen-bond acceptors (Lipinski definition) is 2. The molecule has 17 heavy (non-hydrogen) atoms. The minimum atomic E-state index is -0.338. The number of aryl methyl sites for hydroxylation is 1. The largest absolute Gasteiger partial charge is 0.343 e. The maximum Gasteiger partial charge on any atom is 0.276 e. The molecule has 1 aromatic rings. The Morgan fingerprint density at radius 1 is 1.47 bits per heavy atom. The van der Waals surface area contributed by atoms with Crippen molar-refractivity contribution in [1.82, 2.24) is 5.32 Å². The third-order valence-corrected chi connectivity index (χ3v) is 3.09. The van der Waals surface area contributed by atoms with Gasteiger partial charge in [-0.3, -0.25) is 9.59 Å². The summed E-state index contributed by atoms with van der Waals surface area (Å²) in [7, 11) is 1.79. The molecule has 0 unspecified atom stereocenters. The van der Waals surface area contributed by atoms with E-state index in [9.17, 15) is 9.59 Å². The fourth-order valence-electron chi connectivity index (χ4n) is 2.00. The number of amides is 2. The zero-order chi connectivity index (χ0) is 12.4. The number of hydrogen-bond donors (Lipinski definition) is 2. The monoisotopic (exact) mass is 250 g/mol. The molecule has 90 valence electrons. The smallest absolute Gasteiger partial charge is 0.276 e. The van der Waals surface area contributed by atoms with Crippen LogP contribution < -0.4 is 10.2 Å². The molecule has 0 saturated heterocycles. The predicted octanol–water partition coefficient (Wildman–Crippen LogP) is 1.73. The van der Waals surface area contributed by atoms with Crippen molar-refractivity contribution < 1.29 is 9.59 Å². The fraction of sp³-hybridized carbons (Fsp3) is 0.333. The fourth-order valence-corrected chi connectivity index (χ4v) is 2.08. The zero-order valence-electron chi connectivity index (χ0n) is 9.56. The third kappa shape index (κ3) is 2.61. The van der Waals surface area contributed by atoms with Crippen molar-refractivity contribution in [3.05, 3.63) is 29.3 Å². The van der Waals surface area contributed by atoms with E-state index in [0.29, 0.717) is 13.0 Å². The van der Waals surface area contributed by atoms with E-state index in [2.05, 4.69) is 17.9 Å². The first kappa shape index (κ1) is 12.0. The summed E-state index contributed by atoms with van der Waals surface area (Å²) >= 11 is 3.65. The lowest BCUT2D eigenvalue weighted by Crippen LogP contribution is -2.31. The molecule has 0 radical (unpaired) electrons. The van der Waals surface area contributed by atoms with Gasteiger partial charge in [-0.15, -0.1) is 0 Å². The quantitative estimate of drug-likeness (QED) is 0.785. The number of nitrogens with zero attached hydrogens (tertiary/aromatic N) is 1. The molecule has 0 atom stereocenters. The van der Waals surface area contributed by atoms with Crippen LogP contribution in [0, 0.1) is 0 Å². The van der Waals surface area contributed by atoms with Crippen molar-refractivity contribution in [1.29, 1.82) is 0 Å². The van der Waals surface area contributed by atoms with Gasteiger partial charge in [0.15, 0.2) is 0 Å². The average molecular weight is 250 g/mol. The Morgan fingerprint density at radius 3 is 2.94 bits per heavy atom. The summed E-state index contributed by atoms with van der Waals surface area (Å²) in [6.07, 6.45) is 1.31. The Labute approximate surface area is 105 Å². The molecule has 0 spiro atoms. The average Bonchev–Trinajstić information content (AvgIpc) is 2.31. The molecule has 1 aromatic carbocycles. The minimum Gasteiger partial charge on any atom is -0.343 e. The summed E-state index contributed by atoms with van der Waals surface area (Å²) in [5, 5.41) is 2.30. The van der Waals surface area contributed by atoms with E-state index in [-0.39, 0.29) is 11.1 Å². The molecular weight excluding hydrogens is 236 g/mol. The summed E-state index contributed by atoms with van der Waals surface area (Å²) in [4.78, 5) is 23.9. The molecule has 0 aliphatic carbocycles. The molecule has 2 amide bonds. The highest BCUT2D eigenvalue weighted by molar-refractivity contribution is 7.96. The summed E-state index contributed by atoms with van der Waals surface area (Å²) < 4.78 is 0. The first-order chi connectivity index (χ1) is 8.08.